The summed E-state index contributed by atoms with van der Waals surface area (Å²) in [5.74, 6) is 0.287. The van der Waals surface area contributed by atoms with E-state index in [0.29, 0.717) is 0 Å². The molecule has 4 heteroatoms. The van der Waals surface area contributed by atoms with Crippen molar-refractivity contribution in [2.45, 2.75) is 26.4 Å². The molecule has 1 aliphatic rings. The van der Waals surface area contributed by atoms with Crippen molar-refractivity contribution in [2.75, 3.05) is 6.54 Å². The van der Waals surface area contributed by atoms with E-state index in [1.54, 1.807) is 11.3 Å². The predicted molar refractivity (Wildman–Crippen MR) is 77.1 cm³/mol. The molecular weight excluding hydrogens is 256 g/mol. The van der Waals surface area contributed by atoms with Crippen LogP contribution in [0.2, 0.25) is 0 Å². The molecule has 0 saturated heterocycles. The van der Waals surface area contributed by atoms with Gasteiger partial charge in [0.2, 0.25) is 5.91 Å². The predicted octanol–water partition coefficient (Wildman–Crippen LogP) is 3.14. The molecule has 0 saturated carbocycles. The lowest BCUT2D eigenvalue weighted by molar-refractivity contribution is -0.137. The van der Waals surface area contributed by atoms with Crippen LogP contribution in [0.15, 0.2) is 35.8 Å². The number of nitrogens with zero attached hydrogens (tertiary/aromatic N) is 2. The molecule has 3 rings (SSSR count). The van der Waals surface area contributed by atoms with Crippen molar-refractivity contribution in [1.82, 2.24) is 9.47 Å². The molecule has 3 heterocycles. The van der Waals surface area contributed by atoms with E-state index in [4.69, 9.17) is 0 Å². The van der Waals surface area contributed by atoms with Crippen molar-refractivity contribution in [1.29, 1.82) is 0 Å². The number of carbonyl (C=O) groups is 1. The fourth-order valence-electron chi connectivity index (χ4n) is 2.70. The highest BCUT2D eigenvalue weighted by molar-refractivity contribution is 7.10. The topological polar surface area (TPSA) is 25.2 Å². The molecule has 0 N–H and O–H groups in total. The van der Waals surface area contributed by atoms with Crippen LogP contribution in [-0.4, -0.2) is 21.9 Å². The Morgan fingerprint density at radius 2 is 2.16 bits per heavy atom. The third-order valence-electron chi connectivity index (χ3n) is 3.63. The van der Waals surface area contributed by atoms with Crippen LogP contribution >= 0.6 is 11.3 Å². The highest BCUT2D eigenvalue weighted by Crippen LogP contribution is 2.35. The number of hydrogen-bond acceptors (Lipinski definition) is 2. The summed E-state index contributed by atoms with van der Waals surface area (Å²) in [7, 11) is 0. The van der Waals surface area contributed by atoms with Crippen molar-refractivity contribution >= 4 is 17.2 Å². The van der Waals surface area contributed by atoms with Gasteiger partial charge in [-0.15, -0.1) is 11.3 Å². The highest BCUT2D eigenvalue weighted by Gasteiger charge is 2.33. The molecule has 100 valence electrons. The van der Waals surface area contributed by atoms with Gasteiger partial charge in [0, 0.05) is 35.8 Å². The Labute approximate surface area is 117 Å². The average molecular weight is 274 g/mol. The van der Waals surface area contributed by atoms with Gasteiger partial charge in [-0.3, -0.25) is 4.79 Å². The van der Waals surface area contributed by atoms with Gasteiger partial charge < -0.3 is 9.47 Å². The number of thiophene rings is 1. The zero-order valence-corrected chi connectivity index (χ0v) is 12.1. The smallest absolute Gasteiger partial charge is 0.226 e. The van der Waals surface area contributed by atoms with Gasteiger partial charge in [0.05, 0.1) is 0 Å². The van der Waals surface area contributed by atoms with Gasteiger partial charge in [-0.25, -0.2) is 0 Å². The van der Waals surface area contributed by atoms with Crippen molar-refractivity contribution < 1.29 is 4.79 Å². The highest BCUT2D eigenvalue weighted by atomic mass is 32.1. The molecule has 0 aliphatic carbocycles. The van der Waals surface area contributed by atoms with Crippen LogP contribution in [-0.2, 0) is 11.3 Å². The minimum absolute atomic E-state index is 0.0453. The first kappa shape index (κ1) is 12.5. The molecular formula is C15H18N2OS. The number of fused-ring (bicyclic) bond motifs is 1. The molecule has 1 unspecified atom stereocenters. The summed E-state index contributed by atoms with van der Waals surface area (Å²) in [5, 5.41) is 2.08. The van der Waals surface area contributed by atoms with Crippen LogP contribution in [0.25, 0.3) is 0 Å². The molecule has 1 aliphatic heterocycles. The monoisotopic (exact) mass is 274 g/mol. The number of carbonyl (C=O) groups excluding carboxylic acids is 1. The summed E-state index contributed by atoms with van der Waals surface area (Å²) in [6, 6.07) is 8.46. The van der Waals surface area contributed by atoms with Crippen molar-refractivity contribution in [3.05, 3.63) is 46.4 Å². The van der Waals surface area contributed by atoms with Crippen LogP contribution in [0.3, 0.4) is 0 Å². The molecule has 2 aromatic rings. The summed E-state index contributed by atoms with van der Waals surface area (Å²) < 4.78 is 2.26. The molecule has 1 amide bonds. The lowest BCUT2D eigenvalue weighted by Gasteiger charge is -2.37. The van der Waals surface area contributed by atoms with E-state index in [-0.39, 0.29) is 17.9 Å². The maximum Gasteiger partial charge on any atom is 0.226 e. The van der Waals surface area contributed by atoms with E-state index in [1.807, 2.05) is 18.7 Å². The standard InChI is InChI=1S/C15H18N2OS/c1-11(2)15(18)17-9-8-16-7-3-5-12(16)14(17)13-6-4-10-19-13/h3-7,10-11,14H,8-9H2,1-2H3. The van der Waals surface area contributed by atoms with E-state index in [0.717, 1.165) is 13.1 Å². The Kier molecular flexibility index (Phi) is 3.19. The van der Waals surface area contributed by atoms with Gasteiger partial charge in [-0.05, 0) is 23.6 Å². The van der Waals surface area contributed by atoms with E-state index >= 15 is 0 Å². The maximum atomic E-state index is 12.5. The number of aromatic nitrogens is 1. The Morgan fingerprint density at radius 3 is 2.84 bits per heavy atom. The van der Waals surface area contributed by atoms with Crippen LogP contribution in [0.1, 0.15) is 30.5 Å². The van der Waals surface area contributed by atoms with Crippen molar-refractivity contribution in [3.63, 3.8) is 0 Å². The molecule has 0 fully saturated rings. The van der Waals surface area contributed by atoms with Crippen LogP contribution < -0.4 is 0 Å². The van der Waals surface area contributed by atoms with Gasteiger partial charge in [-0.2, -0.15) is 0 Å². The third-order valence-corrected chi connectivity index (χ3v) is 4.55. The van der Waals surface area contributed by atoms with E-state index in [2.05, 4.69) is 40.4 Å². The Balaban J connectivity index is 2.04. The summed E-state index contributed by atoms with van der Waals surface area (Å²) in [6.45, 7) is 5.63. The second kappa shape index (κ2) is 4.85. The fourth-order valence-corrected chi connectivity index (χ4v) is 3.55. The molecule has 2 aromatic heterocycles. The Bertz CT molecular complexity index is 571. The third kappa shape index (κ3) is 2.10. The zero-order chi connectivity index (χ0) is 13.4. The molecule has 0 aromatic carbocycles. The molecule has 1 atom stereocenters. The van der Waals surface area contributed by atoms with Gasteiger partial charge in [0.15, 0.2) is 0 Å². The maximum absolute atomic E-state index is 12.5. The summed E-state index contributed by atoms with van der Waals surface area (Å²) in [5.41, 5.74) is 1.22. The van der Waals surface area contributed by atoms with E-state index in [1.165, 1.54) is 10.6 Å². The second-order valence-corrected chi connectivity index (χ2v) is 6.21. The fraction of sp³-hybridized carbons (Fsp3) is 0.400. The molecule has 0 spiro atoms. The van der Waals surface area contributed by atoms with Gasteiger partial charge in [0.1, 0.15) is 6.04 Å². The first-order valence-corrected chi connectivity index (χ1v) is 7.55. The van der Waals surface area contributed by atoms with Crippen LogP contribution in [0.4, 0.5) is 0 Å². The van der Waals surface area contributed by atoms with Crippen molar-refractivity contribution in [2.24, 2.45) is 5.92 Å². The summed E-state index contributed by atoms with van der Waals surface area (Å²) in [6.07, 6.45) is 2.10. The molecule has 0 bridgehead atoms. The normalized spacial score (nSPS) is 18.7. The van der Waals surface area contributed by atoms with Crippen LogP contribution in [0, 0.1) is 5.92 Å². The summed E-state index contributed by atoms with van der Waals surface area (Å²) in [4.78, 5) is 15.7. The zero-order valence-electron chi connectivity index (χ0n) is 11.2. The quantitative estimate of drug-likeness (QED) is 0.826. The number of amides is 1. The van der Waals surface area contributed by atoms with E-state index < -0.39 is 0 Å². The number of rotatable bonds is 2. The van der Waals surface area contributed by atoms with Gasteiger partial charge in [0.25, 0.3) is 0 Å². The lowest BCUT2D eigenvalue weighted by atomic mass is 10.0. The van der Waals surface area contributed by atoms with Gasteiger partial charge in [-0.1, -0.05) is 19.9 Å². The first-order chi connectivity index (χ1) is 9.18. The second-order valence-electron chi connectivity index (χ2n) is 5.23. The lowest BCUT2D eigenvalue weighted by Crippen LogP contribution is -2.43. The van der Waals surface area contributed by atoms with E-state index in [9.17, 15) is 4.79 Å². The minimum Gasteiger partial charge on any atom is -0.347 e. The minimum atomic E-state index is 0.0453. The first-order valence-electron chi connectivity index (χ1n) is 6.67. The number of hydrogen-bond donors (Lipinski definition) is 0. The Hall–Kier alpha value is -1.55. The average Bonchev–Trinajstić information content (AvgIpc) is 3.07. The molecule has 19 heavy (non-hydrogen) atoms. The Morgan fingerprint density at radius 1 is 1.32 bits per heavy atom. The SMILES string of the molecule is CC(C)C(=O)N1CCn2cccc2C1c1cccs1. The van der Waals surface area contributed by atoms with Crippen molar-refractivity contribution in [3.8, 4) is 0 Å². The largest absolute Gasteiger partial charge is 0.347 e. The summed E-state index contributed by atoms with van der Waals surface area (Å²) >= 11 is 1.72. The molecule has 0 radical (unpaired) electrons. The van der Waals surface area contributed by atoms with Crippen LogP contribution in [0.5, 0.6) is 0 Å². The van der Waals surface area contributed by atoms with Gasteiger partial charge >= 0.3 is 0 Å². The molecule has 3 nitrogen and oxygen atoms in total.